The molecule has 2 heterocycles. The largest absolute Gasteiger partial charge is 0.387 e. The van der Waals surface area contributed by atoms with E-state index in [-0.39, 0.29) is 0 Å². The fraction of sp³-hybridized carbons (Fsp3) is 0.300. The zero-order valence-corrected chi connectivity index (χ0v) is 10.7. The molecular weight excluding hydrogens is 240 g/mol. The highest BCUT2D eigenvalue weighted by molar-refractivity contribution is 7.80. The Kier molecular flexibility index (Phi) is 3.02. The Balaban J connectivity index is 2.27. The minimum absolute atomic E-state index is 0.315. The van der Waals surface area contributed by atoms with Crippen LogP contribution < -0.4 is 5.73 Å². The van der Waals surface area contributed by atoms with Crippen LogP contribution in [0.4, 0.5) is 0 Å². The minimum Gasteiger partial charge on any atom is -0.387 e. The number of aromatic nitrogens is 3. The Morgan fingerprint density at radius 2 is 2.31 bits per heavy atom. The van der Waals surface area contributed by atoms with E-state index in [9.17, 15) is 0 Å². The van der Waals surface area contributed by atoms with Gasteiger partial charge in [-0.25, -0.2) is 9.97 Å². The molecular formula is C10H12N4S2. The number of thiocarbonyl (C=S) groups is 1. The van der Waals surface area contributed by atoms with Gasteiger partial charge in [0.15, 0.2) is 5.82 Å². The van der Waals surface area contributed by atoms with E-state index in [1.54, 1.807) is 17.5 Å². The monoisotopic (exact) mass is 252 g/mol. The molecule has 2 N–H and O–H groups in total. The van der Waals surface area contributed by atoms with Gasteiger partial charge in [-0.2, -0.15) is 0 Å². The van der Waals surface area contributed by atoms with Crippen LogP contribution in [-0.2, 0) is 6.54 Å². The molecule has 0 saturated carbocycles. The second-order valence-corrected chi connectivity index (χ2v) is 5.22. The van der Waals surface area contributed by atoms with E-state index in [1.807, 2.05) is 17.7 Å². The Hall–Kier alpha value is -1.27. The van der Waals surface area contributed by atoms with E-state index in [0.29, 0.717) is 17.4 Å². The first kappa shape index (κ1) is 11.2. The average molecular weight is 252 g/mol. The highest BCUT2D eigenvalue weighted by atomic mass is 32.1. The molecule has 2 aromatic heterocycles. The van der Waals surface area contributed by atoms with Gasteiger partial charge in [0.2, 0.25) is 0 Å². The minimum atomic E-state index is 0.315. The summed E-state index contributed by atoms with van der Waals surface area (Å²) < 4.78 is 1.92. The summed E-state index contributed by atoms with van der Waals surface area (Å²) in [4.78, 5) is 10.1. The summed E-state index contributed by atoms with van der Waals surface area (Å²) in [5, 5.41) is 1.05. The Morgan fingerprint density at radius 1 is 1.56 bits per heavy atom. The van der Waals surface area contributed by atoms with Crippen molar-refractivity contribution in [2.75, 3.05) is 0 Å². The van der Waals surface area contributed by atoms with E-state index < -0.39 is 0 Å². The van der Waals surface area contributed by atoms with Crippen molar-refractivity contribution in [3.8, 4) is 0 Å². The van der Waals surface area contributed by atoms with E-state index in [2.05, 4.69) is 16.9 Å². The molecule has 0 aliphatic rings. The van der Waals surface area contributed by atoms with Gasteiger partial charge in [-0.3, -0.25) is 0 Å². The van der Waals surface area contributed by atoms with Gasteiger partial charge in [0, 0.05) is 17.3 Å². The molecule has 0 bridgehead atoms. The van der Waals surface area contributed by atoms with Crippen LogP contribution in [0.25, 0.3) is 0 Å². The maximum atomic E-state index is 5.58. The number of nitrogens with zero attached hydrogens (tertiary/aromatic N) is 3. The fourth-order valence-corrected chi connectivity index (χ4v) is 2.52. The molecule has 2 rings (SSSR count). The van der Waals surface area contributed by atoms with Crippen molar-refractivity contribution in [3.63, 3.8) is 0 Å². The molecule has 0 spiro atoms. The number of hydrogen-bond acceptors (Lipinski definition) is 4. The molecule has 84 valence electrons. The molecule has 0 amide bonds. The number of rotatable bonds is 3. The highest BCUT2D eigenvalue weighted by Gasteiger charge is 2.09. The number of imidazole rings is 1. The van der Waals surface area contributed by atoms with Crippen molar-refractivity contribution >= 4 is 28.5 Å². The molecule has 0 unspecified atom stereocenters. The third kappa shape index (κ3) is 2.12. The predicted octanol–water partition coefficient (Wildman–Crippen LogP) is 1.64. The molecule has 0 aliphatic heterocycles. The summed E-state index contributed by atoms with van der Waals surface area (Å²) >= 11 is 6.62. The van der Waals surface area contributed by atoms with E-state index >= 15 is 0 Å². The number of aryl methyl sites for hydroxylation is 2. The van der Waals surface area contributed by atoms with Crippen molar-refractivity contribution in [1.29, 1.82) is 0 Å². The Labute approximate surface area is 103 Å². The van der Waals surface area contributed by atoms with Gasteiger partial charge in [-0.05, 0) is 13.8 Å². The van der Waals surface area contributed by atoms with Crippen molar-refractivity contribution in [2.45, 2.75) is 20.4 Å². The van der Waals surface area contributed by atoms with Crippen LogP contribution in [0.1, 0.15) is 21.4 Å². The normalized spacial score (nSPS) is 10.6. The van der Waals surface area contributed by atoms with Gasteiger partial charge >= 0.3 is 0 Å². The molecule has 0 fully saturated rings. The van der Waals surface area contributed by atoms with Gasteiger partial charge in [-0.1, -0.05) is 12.2 Å². The van der Waals surface area contributed by atoms with Crippen LogP contribution in [0.3, 0.4) is 0 Å². The maximum absolute atomic E-state index is 5.58. The van der Waals surface area contributed by atoms with Crippen LogP contribution >= 0.6 is 23.6 Å². The van der Waals surface area contributed by atoms with E-state index in [4.69, 9.17) is 18.0 Å². The molecule has 0 aromatic carbocycles. The quantitative estimate of drug-likeness (QED) is 0.844. The lowest BCUT2D eigenvalue weighted by atomic mass is 10.4. The van der Waals surface area contributed by atoms with Gasteiger partial charge in [0.05, 0.1) is 12.2 Å². The predicted molar refractivity (Wildman–Crippen MR) is 68.8 cm³/mol. The molecule has 0 atom stereocenters. The average Bonchev–Trinajstić information content (AvgIpc) is 2.75. The van der Waals surface area contributed by atoms with Crippen molar-refractivity contribution in [2.24, 2.45) is 5.73 Å². The first-order valence-electron chi connectivity index (χ1n) is 4.81. The number of nitrogens with two attached hydrogens (primary N) is 1. The molecule has 16 heavy (non-hydrogen) atoms. The van der Waals surface area contributed by atoms with Crippen LogP contribution in [0.15, 0.2) is 12.4 Å². The van der Waals surface area contributed by atoms with Gasteiger partial charge in [0.1, 0.15) is 10.00 Å². The molecule has 2 aromatic rings. The van der Waals surface area contributed by atoms with Crippen LogP contribution in [0.5, 0.6) is 0 Å². The summed E-state index contributed by atoms with van der Waals surface area (Å²) in [6.07, 6.45) is 3.56. The fourth-order valence-electron chi connectivity index (χ4n) is 1.41. The molecule has 0 aliphatic carbocycles. The van der Waals surface area contributed by atoms with Gasteiger partial charge < -0.3 is 10.3 Å². The van der Waals surface area contributed by atoms with Crippen molar-refractivity contribution in [3.05, 3.63) is 33.8 Å². The molecule has 0 saturated heterocycles. The summed E-state index contributed by atoms with van der Waals surface area (Å²) in [5.74, 6) is 0.639. The highest BCUT2D eigenvalue weighted by Crippen LogP contribution is 2.17. The summed E-state index contributed by atoms with van der Waals surface area (Å²) in [6.45, 7) is 4.75. The smallest absolute Gasteiger partial charge is 0.167 e. The number of thiazole rings is 1. The topological polar surface area (TPSA) is 56.7 Å². The second kappa shape index (κ2) is 4.31. The lowest BCUT2D eigenvalue weighted by molar-refractivity contribution is 0.779. The lowest BCUT2D eigenvalue weighted by Gasteiger charge is -2.03. The summed E-state index contributed by atoms with van der Waals surface area (Å²) in [7, 11) is 0. The first-order valence-corrected chi connectivity index (χ1v) is 6.04. The summed E-state index contributed by atoms with van der Waals surface area (Å²) in [6, 6.07) is 0. The Bertz CT molecular complexity index is 507. The molecule has 0 radical (unpaired) electrons. The SMILES string of the molecule is Cc1nc(Cn2ccnc2C(N)=S)sc1C. The standard InChI is InChI=1S/C10H12N4S2/c1-6-7(2)16-8(13-6)5-14-4-3-12-10(14)9(11)15/h3-4H,5H2,1-2H3,(H2,11,15). The first-order chi connectivity index (χ1) is 7.58. The van der Waals surface area contributed by atoms with Gasteiger partial charge in [0.25, 0.3) is 0 Å². The third-order valence-electron chi connectivity index (χ3n) is 2.31. The zero-order chi connectivity index (χ0) is 11.7. The van der Waals surface area contributed by atoms with E-state index in [0.717, 1.165) is 10.7 Å². The van der Waals surface area contributed by atoms with Crippen LogP contribution in [0.2, 0.25) is 0 Å². The number of hydrogen-bond donors (Lipinski definition) is 1. The maximum Gasteiger partial charge on any atom is 0.167 e. The Morgan fingerprint density at radius 3 is 2.88 bits per heavy atom. The summed E-state index contributed by atoms with van der Waals surface area (Å²) in [5.41, 5.74) is 6.66. The molecule has 4 nitrogen and oxygen atoms in total. The van der Waals surface area contributed by atoms with Crippen molar-refractivity contribution in [1.82, 2.24) is 14.5 Å². The van der Waals surface area contributed by atoms with Gasteiger partial charge in [-0.15, -0.1) is 11.3 Å². The lowest BCUT2D eigenvalue weighted by Crippen LogP contribution is -2.17. The van der Waals surface area contributed by atoms with E-state index in [1.165, 1.54) is 4.88 Å². The third-order valence-corrected chi connectivity index (χ3v) is 3.55. The zero-order valence-electron chi connectivity index (χ0n) is 9.10. The van der Waals surface area contributed by atoms with Crippen LogP contribution in [0, 0.1) is 13.8 Å². The van der Waals surface area contributed by atoms with Crippen LogP contribution in [-0.4, -0.2) is 19.5 Å². The second-order valence-electron chi connectivity index (χ2n) is 3.49. The molecule has 6 heteroatoms. The van der Waals surface area contributed by atoms with Crippen molar-refractivity contribution < 1.29 is 0 Å².